The lowest BCUT2D eigenvalue weighted by Gasteiger charge is -2.24. The monoisotopic (exact) mass is 338 g/mol. The van der Waals surface area contributed by atoms with Gasteiger partial charge < -0.3 is 15.3 Å². The van der Waals surface area contributed by atoms with E-state index >= 15 is 0 Å². The fourth-order valence-corrected chi connectivity index (χ4v) is 2.52. The summed E-state index contributed by atoms with van der Waals surface area (Å²) in [6, 6.07) is 1.31. The van der Waals surface area contributed by atoms with Gasteiger partial charge in [-0.25, -0.2) is 9.59 Å². The highest BCUT2D eigenvalue weighted by molar-refractivity contribution is 6.42. The Hall–Kier alpha value is -1.17. The molecule has 1 atom stereocenters. The smallest absolute Gasteiger partial charge is 0.326 e. The fourth-order valence-electron chi connectivity index (χ4n) is 1.61. The van der Waals surface area contributed by atoms with Crippen LogP contribution in [-0.4, -0.2) is 35.1 Å². The number of urea groups is 1. The van der Waals surface area contributed by atoms with Crippen molar-refractivity contribution < 1.29 is 14.7 Å². The molecule has 1 unspecified atom stereocenters. The van der Waals surface area contributed by atoms with Crippen LogP contribution in [0.25, 0.3) is 0 Å². The lowest BCUT2D eigenvalue weighted by molar-refractivity contribution is -0.141. The van der Waals surface area contributed by atoms with E-state index in [0.717, 1.165) is 4.90 Å². The van der Waals surface area contributed by atoms with Crippen molar-refractivity contribution in [3.8, 4) is 0 Å². The number of nitrogens with zero attached hydrogens (tertiary/aromatic N) is 1. The van der Waals surface area contributed by atoms with Crippen LogP contribution in [0, 0.1) is 0 Å². The van der Waals surface area contributed by atoms with Crippen molar-refractivity contribution in [2.45, 2.75) is 19.4 Å². The number of amides is 2. The van der Waals surface area contributed by atoms with Crippen LogP contribution in [0.3, 0.4) is 0 Å². The van der Waals surface area contributed by atoms with Gasteiger partial charge in [-0.2, -0.15) is 0 Å². The molecule has 5 nitrogen and oxygen atoms in total. The topological polar surface area (TPSA) is 69.6 Å². The number of halogens is 3. The molecule has 0 bridgehead atoms. The average molecular weight is 340 g/mol. The molecule has 0 radical (unpaired) electrons. The number of anilines is 1. The predicted octanol–water partition coefficient (Wildman–Crippen LogP) is 3.97. The molecule has 0 heterocycles. The molecular weight excluding hydrogens is 327 g/mol. The number of carbonyl (C=O) groups excluding carboxylic acids is 1. The van der Waals surface area contributed by atoms with E-state index in [0.29, 0.717) is 5.02 Å². The number of carboxylic acid groups (broad SMARTS) is 1. The molecule has 0 saturated heterocycles. The highest BCUT2D eigenvalue weighted by atomic mass is 35.5. The zero-order chi connectivity index (χ0) is 15.4. The molecule has 0 aliphatic carbocycles. The van der Waals surface area contributed by atoms with E-state index in [2.05, 4.69) is 5.32 Å². The molecule has 1 aromatic rings. The molecule has 1 rings (SSSR count). The van der Waals surface area contributed by atoms with Gasteiger partial charge in [-0.1, -0.05) is 41.7 Å². The van der Waals surface area contributed by atoms with Crippen molar-refractivity contribution in [1.82, 2.24) is 4.90 Å². The van der Waals surface area contributed by atoms with Gasteiger partial charge in [0.05, 0.1) is 15.7 Å². The van der Waals surface area contributed by atoms with Crippen molar-refractivity contribution in [2.75, 3.05) is 12.4 Å². The minimum absolute atomic E-state index is 0.174. The first-order chi connectivity index (χ1) is 9.27. The first kappa shape index (κ1) is 16.9. The number of nitrogens with one attached hydrogen (secondary N) is 1. The second kappa shape index (κ2) is 7.02. The van der Waals surface area contributed by atoms with Gasteiger partial charge in [-0.3, -0.25) is 0 Å². The minimum atomic E-state index is -1.08. The van der Waals surface area contributed by atoms with Crippen LogP contribution in [0.1, 0.15) is 13.3 Å². The van der Waals surface area contributed by atoms with Crippen LogP contribution < -0.4 is 5.32 Å². The molecule has 2 amide bonds. The van der Waals surface area contributed by atoms with Crippen LogP contribution >= 0.6 is 34.8 Å². The van der Waals surface area contributed by atoms with Crippen molar-refractivity contribution >= 4 is 52.5 Å². The van der Waals surface area contributed by atoms with Gasteiger partial charge in [-0.15, -0.1) is 0 Å². The molecule has 0 saturated carbocycles. The summed E-state index contributed by atoms with van der Waals surface area (Å²) in [7, 11) is 1.38. The zero-order valence-corrected chi connectivity index (χ0v) is 13.1. The van der Waals surface area contributed by atoms with Gasteiger partial charge in [0.1, 0.15) is 6.04 Å². The minimum Gasteiger partial charge on any atom is -0.480 e. The number of hydrogen-bond acceptors (Lipinski definition) is 2. The number of aliphatic carboxylic acids is 1. The van der Waals surface area contributed by atoms with Crippen molar-refractivity contribution in [3.05, 3.63) is 27.2 Å². The Labute approximate surface area is 131 Å². The Morgan fingerprint density at radius 1 is 1.30 bits per heavy atom. The van der Waals surface area contributed by atoms with Gasteiger partial charge in [-0.05, 0) is 18.6 Å². The molecule has 20 heavy (non-hydrogen) atoms. The lowest BCUT2D eigenvalue weighted by atomic mass is 10.2. The Morgan fingerprint density at radius 3 is 2.20 bits per heavy atom. The predicted molar refractivity (Wildman–Crippen MR) is 80.0 cm³/mol. The molecule has 0 aliphatic rings. The second-order valence-corrected chi connectivity index (χ2v) is 5.30. The molecule has 110 valence electrons. The van der Waals surface area contributed by atoms with Crippen LogP contribution in [0.4, 0.5) is 10.5 Å². The number of carboxylic acids is 1. The highest BCUT2D eigenvalue weighted by Gasteiger charge is 2.25. The van der Waals surface area contributed by atoms with Crippen LogP contribution in [0.5, 0.6) is 0 Å². The van der Waals surface area contributed by atoms with E-state index < -0.39 is 18.0 Å². The standard InChI is InChI=1S/C12H13Cl3N2O3/c1-3-9(11(18)19)17(2)12(20)16-10-7(14)4-6(13)5-8(10)15/h4-5,9H,3H2,1-2H3,(H,16,20)(H,18,19). The Balaban J connectivity index is 2.94. The third kappa shape index (κ3) is 3.91. The Kier molecular flexibility index (Phi) is 5.92. The van der Waals surface area contributed by atoms with E-state index in [1.807, 2.05) is 0 Å². The van der Waals surface area contributed by atoms with Crippen molar-refractivity contribution in [3.63, 3.8) is 0 Å². The first-order valence-corrected chi connectivity index (χ1v) is 6.82. The van der Waals surface area contributed by atoms with Gasteiger partial charge >= 0.3 is 12.0 Å². The Morgan fingerprint density at radius 2 is 1.80 bits per heavy atom. The zero-order valence-electron chi connectivity index (χ0n) is 10.8. The van der Waals surface area contributed by atoms with Gasteiger partial charge in [0, 0.05) is 12.1 Å². The normalized spacial score (nSPS) is 11.8. The summed E-state index contributed by atoms with van der Waals surface area (Å²) in [4.78, 5) is 24.1. The maximum atomic E-state index is 12.0. The van der Waals surface area contributed by atoms with E-state index in [4.69, 9.17) is 39.9 Å². The summed E-state index contributed by atoms with van der Waals surface area (Å²) in [5.74, 6) is -1.08. The highest BCUT2D eigenvalue weighted by Crippen LogP contribution is 2.33. The Bertz CT molecular complexity index is 514. The average Bonchev–Trinajstić information content (AvgIpc) is 2.33. The molecule has 0 fully saturated rings. The van der Waals surface area contributed by atoms with Crippen molar-refractivity contribution in [2.24, 2.45) is 0 Å². The fraction of sp³-hybridized carbons (Fsp3) is 0.333. The summed E-state index contributed by atoms with van der Waals surface area (Å²) in [5, 5.41) is 12.2. The van der Waals surface area contributed by atoms with E-state index in [1.54, 1.807) is 6.92 Å². The number of likely N-dealkylation sites (N-methyl/N-ethyl adjacent to an activating group) is 1. The summed E-state index contributed by atoms with van der Waals surface area (Å²) in [5.41, 5.74) is 0.190. The summed E-state index contributed by atoms with van der Waals surface area (Å²) < 4.78 is 0. The number of benzene rings is 1. The molecule has 0 spiro atoms. The largest absolute Gasteiger partial charge is 0.480 e. The van der Waals surface area contributed by atoms with Crippen LogP contribution in [-0.2, 0) is 4.79 Å². The van der Waals surface area contributed by atoms with Gasteiger partial charge in [0.2, 0.25) is 0 Å². The summed E-state index contributed by atoms with van der Waals surface area (Å²) in [6.07, 6.45) is 0.279. The SMILES string of the molecule is CCC(C(=O)O)N(C)C(=O)Nc1c(Cl)cc(Cl)cc1Cl. The number of carbonyl (C=O) groups is 2. The lowest BCUT2D eigenvalue weighted by Crippen LogP contribution is -2.44. The number of rotatable bonds is 4. The van der Waals surface area contributed by atoms with Crippen LogP contribution in [0.15, 0.2) is 12.1 Å². The van der Waals surface area contributed by atoms with Crippen LogP contribution in [0.2, 0.25) is 15.1 Å². The molecule has 0 aromatic heterocycles. The number of hydrogen-bond donors (Lipinski definition) is 2. The quantitative estimate of drug-likeness (QED) is 0.872. The van der Waals surface area contributed by atoms with E-state index in [1.165, 1.54) is 19.2 Å². The van der Waals surface area contributed by atoms with Gasteiger partial charge in [0.15, 0.2) is 0 Å². The third-order valence-electron chi connectivity index (χ3n) is 2.70. The van der Waals surface area contributed by atoms with Gasteiger partial charge in [0.25, 0.3) is 0 Å². The summed E-state index contributed by atoms with van der Waals surface area (Å²) >= 11 is 17.6. The first-order valence-electron chi connectivity index (χ1n) is 5.69. The molecule has 1 aromatic carbocycles. The molecule has 0 aliphatic heterocycles. The summed E-state index contributed by atoms with van der Waals surface area (Å²) in [6.45, 7) is 1.67. The molecule has 2 N–H and O–H groups in total. The van der Waals surface area contributed by atoms with E-state index in [9.17, 15) is 9.59 Å². The molecular formula is C12H13Cl3N2O3. The second-order valence-electron chi connectivity index (χ2n) is 4.05. The maximum absolute atomic E-state index is 12.0. The third-order valence-corrected chi connectivity index (χ3v) is 3.51. The van der Waals surface area contributed by atoms with Crippen molar-refractivity contribution in [1.29, 1.82) is 0 Å². The van der Waals surface area contributed by atoms with E-state index in [-0.39, 0.29) is 22.2 Å². The molecule has 8 heteroatoms. The maximum Gasteiger partial charge on any atom is 0.326 e.